The minimum Gasteiger partial charge on any atom is -0.486 e. The number of aryl methyl sites for hydroxylation is 1. The second kappa shape index (κ2) is 7.27. The molecule has 18 heavy (non-hydrogen) atoms. The summed E-state index contributed by atoms with van der Waals surface area (Å²) in [5.41, 5.74) is 1.35. The summed E-state index contributed by atoms with van der Waals surface area (Å²) in [5, 5.41) is 3.18. The molecule has 1 aliphatic rings. The lowest BCUT2D eigenvalue weighted by atomic mass is 10.1. The van der Waals surface area contributed by atoms with Gasteiger partial charge in [0.2, 0.25) is 0 Å². The number of hydrogen-bond acceptors (Lipinski definition) is 3. The maximum atomic E-state index is 5.59. The van der Waals surface area contributed by atoms with Crippen molar-refractivity contribution in [3.05, 3.63) is 23.8 Å². The molecule has 0 spiro atoms. The van der Waals surface area contributed by atoms with Crippen LogP contribution < -0.4 is 14.8 Å². The van der Waals surface area contributed by atoms with E-state index in [0.29, 0.717) is 13.2 Å². The van der Waals surface area contributed by atoms with Crippen LogP contribution in [0.4, 0.5) is 0 Å². The van der Waals surface area contributed by atoms with Crippen LogP contribution in [0.5, 0.6) is 11.5 Å². The second-order valence-electron chi connectivity index (χ2n) is 4.75. The summed E-state index contributed by atoms with van der Waals surface area (Å²) in [6.07, 6.45) is 6.28. The molecule has 2 rings (SSSR count). The van der Waals surface area contributed by atoms with Crippen molar-refractivity contribution in [1.82, 2.24) is 5.32 Å². The molecule has 0 bridgehead atoms. The summed E-state index contributed by atoms with van der Waals surface area (Å²) >= 11 is 0. The average molecular weight is 249 g/mol. The summed E-state index contributed by atoms with van der Waals surface area (Å²) in [4.78, 5) is 0. The van der Waals surface area contributed by atoms with E-state index in [1.165, 1.54) is 31.2 Å². The summed E-state index contributed by atoms with van der Waals surface area (Å²) in [5.74, 6) is 1.80. The predicted molar refractivity (Wildman–Crippen MR) is 73.5 cm³/mol. The lowest BCUT2D eigenvalue weighted by Crippen LogP contribution is -2.15. The first-order chi connectivity index (χ1) is 8.90. The number of fused-ring (bicyclic) bond motifs is 1. The molecule has 0 atom stereocenters. The van der Waals surface area contributed by atoms with Gasteiger partial charge in [0, 0.05) is 0 Å². The Bertz CT molecular complexity index is 366. The van der Waals surface area contributed by atoms with E-state index in [9.17, 15) is 0 Å². The van der Waals surface area contributed by atoms with E-state index in [1.807, 2.05) is 13.1 Å². The number of rotatable bonds is 7. The highest BCUT2D eigenvalue weighted by Crippen LogP contribution is 2.31. The van der Waals surface area contributed by atoms with Gasteiger partial charge in [0.05, 0.1) is 0 Å². The fourth-order valence-corrected chi connectivity index (χ4v) is 2.23. The number of unbranched alkanes of at least 4 members (excludes halogenated alkanes) is 3. The maximum Gasteiger partial charge on any atom is 0.161 e. The predicted octanol–water partition coefficient (Wildman–Crippen LogP) is 2.78. The zero-order chi connectivity index (χ0) is 12.6. The van der Waals surface area contributed by atoms with Crippen LogP contribution in [-0.2, 0) is 6.42 Å². The quantitative estimate of drug-likeness (QED) is 0.754. The van der Waals surface area contributed by atoms with Crippen molar-refractivity contribution in [1.29, 1.82) is 0 Å². The Kier molecular flexibility index (Phi) is 5.34. The van der Waals surface area contributed by atoms with Crippen molar-refractivity contribution in [3.63, 3.8) is 0 Å². The number of benzene rings is 1. The van der Waals surface area contributed by atoms with Crippen LogP contribution >= 0.6 is 0 Å². The van der Waals surface area contributed by atoms with Gasteiger partial charge in [-0.05, 0) is 50.6 Å². The highest BCUT2D eigenvalue weighted by Gasteiger charge is 2.11. The molecular weight excluding hydrogens is 226 g/mol. The van der Waals surface area contributed by atoms with Crippen LogP contribution in [0.25, 0.3) is 0 Å². The van der Waals surface area contributed by atoms with E-state index >= 15 is 0 Å². The molecule has 0 fully saturated rings. The van der Waals surface area contributed by atoms with Gasteiger partial charge in [0.25, 0.3) is 0 Å². The van der Waals surface area contributed by atoms with E-state index in [1.54, 1.807) is 0 Å². The Morgan fingerprint density at radius 1 is 1.00 bits per heavy atom. The van der Waals surface area contributed by atoms with Gasteiger partial charge in [0.15, 0.2) is 11.5 Å². The molecule has 1 aromatic rings. The average Bonchev–Trinajstić information content (AvgIpc) is 2.42. The molecule has 0 saturated heterocycles. The lowest BCUT2D eigenvalue weighted by molar-refractivity contribution is 0.171. The van der Waals surface area contributed by atoms with Crippen LogP contribution in [0.1, 0.15) is 31.2 Å². The molecule has 1 heterocycles. The zero-order valence-electron chi connectivity index (χ0n) is 11.2. The lowest BCUT2D eigenvalue weighted by Gasteiger charge is -2.18. The third-order valence-corrected chi connectivity index (χ3v) is 3.25. The fourth-order valence-electron chi connectivity index (χ4n) is 2.23. The smallest absolute Gasteiger partial charge is 0.161 e. The normalized spacial score (nSPS) is 13.6. The SMILES string of the molecule is CNCCCCCCc1ccc2c(c1)OCCO2. The van der Waals surface area contributed by atoms with Crippen LogP contribution in [0.3, 0.4) is 0 Å². The zero-order valence-corrected chi connectivity index (χ0v) is 11.2. The Hall–Kier alpha value is -1.22. The fraction of sp³-hybridized carbons (Fsp3) is 0.600. The summed E-state index contributed by atoms with van der Waals surface area (Å²) in [6.45, 7) is 2.46. The Balaban J connectivity index is 1.72. The molecule has 0 aliphatic carbocycles. The van der Waals surface area contributed by atoms with E-state index in [0.717, 1.165) is 24.5 Å². The first-order valence-corrected chi connectivity index (χ1v) is 6.93. The Morgan fingerprint density at radius 2 is 1.78 bits per heavy atom. The third-order valence-electron chi connectivity index (χ3n) is 3.25. The molecule has 0 amide bonds. The van der Waals surface area contributed by atoms with Crippen LogP contribution in [0.2, 0.25) is 0 Å². The van der Waals surface area contributed by atoms with Crippen molar-refractivity contribution in [2.24, 2.45) is 0 Å². The highest BCUT2D eigenvalue weighted by molar-refractivity contribution is 5.43. The molecule has 1 aromatic carbocycles. The topological polar surface area (TPSA) is 30.5 Å². The van der Waals surface area contributed by atoms with Gasteiger partial charge in [-0.3, -0.25) is 0 Å². The van der Waals surface area contributed by atoms with Crippen LogP contribution in [-0.4, -0.2) is 26.8 Å². The number of hydrogen-bond donors (Lipinski definition) is 1. The molecule has 1 N–H and O–H groups in total. The first kappa shape index (κ1) is 13.2. The van der Waals surface area contributed by atoms with Gasteiger partial charge in [0.1, 0.15) is 13.2 Å². The van der Waals surface area contributed by atoms with E-state index in [2.05, 4.69) is 17.4 Å². The van der Waals surface area contributed by atoms with E-state index < -0.39 is 0 Å². The van der Waals surface area contributed by atoms with E-state index in [-0.39, 0.29) is 0 Å². The summed E-state index contributed by atoms with van der Waals surface area (Å²) in [6, 6.07) is 6.31. The molecule has 0 saturated carbocycles. The second-order valence-corrected chi connectivity index (χ2v) is 4.75. The van der Waals surface area contributed by atoms with Crippen molar-refractivity contribution < 1.29 is 9.47 Å². The van der Waals surface area contributed by atoms with Gasteiger partial charge in [-0.15, -0.1) is 0 Å². The first-order valence-electron chi connectivity index (χ1n) is 6.93. The van der Waals surface area contributed by atoms with Crippen molar-refractivity contribution in [2.45, 2.75) is 32.1 Å². The maximum absolute atomic E-state index is 5.59. The van der Waals surface area contributed by atoms with Gasteiger partial charge in [-0.2, -0.15) is 0 Å². The molecule has 100 valence electrons. The van der Waals surface area contributed by atoms with Crippen molar-refractivity contribution >= 4 is 0 Å². The standard InChI is InChI=1S/C15H23NO2/c1-16-9-5-3-2-4-6-13-7-8-14-15(12-13)18-11-10-17-14/h7-8,12,16H,2-6,9-11H2,1H3. The molecule has 0 aromatic heterocycles. The molecule has 1 aliphatic heterocycles. The molecular formula is C15H23NO2. The molecule has 3 nitrogen and oxygen atoms in total. The van der Waals surface area contributed by atoms with Gasteiger partial charge < -0.3 is 14.8 Å². The monoisotopic (exact) mass is 249 g/mol. The van der Waals surface area contributed by atoms with Gasteiger partial charge >= 0.3 is 0 Å². The summed E-state index contributed by atoms with van der Waals surface area (Å²) < 4.78 is 11.1. The van der Waals surface area contributed by atoms with Crippen molar-refractivity contribution in [2.75, 3.05) is 26.8 Å². The minimum atomic E-state index is 0.664. The van der Waals surface area contributed by atoms with Crippen LogP contribution in [0, 0.1) is 0 Å². The number of nitrogens with one attached hydrogen (secondary N) is 1. The molecule has 3 heteroatoms. The van der Waals surface area contributed by atoms with Gasteiger partial charge in [-0.1, -0.05) is 18.9 Å². The van der Waals surface area contributed by atoms with Crippen LogP contribution in [0.15, 0.2) is 18.2 Å². The van der Waals surface area contributed by atoms with Gasteiger partial charge in [-0.25, -0.2) is 0 Å². The number of ether oxygens (including phenoxy) is 2. The molecule has 0 radical (unpaired) electrons. The summed E-state index contributed by atoms with van der Waals surface area (Å²) in [7, 11) is 2.01. The Labute approximate surface area is 109 Å². The Morgan fingerprint density at radius 3 is 2.61 bits per heavy atom. The largest absolute Gasteiger partial charge is 0.486 e. The van der Waals surface area contributed by atoms with E-state index in [4.69, 9.17) is 9.47 Å². The minimum absolute atomic E-state index is 0.664. The molecule has 0 unspecified atom stereocenters. The highest BCUT2D eigenvalue weighted by atomic mass is 16.6. The third kappa shape index (κ3) is 3.91. The van der Waals surface area contributed by atoms with Crippen molar-refractivity contribution in [3.8, 4) is 11.5 Å².